The molecule has 178 valence electrons. The molecule has 0 bridgehead atoms. The first-order valence-corrected chi connectivity index (χ1v) is 12.0. The number of pyridine rings is 2. The van der Waals surface area contributed by atoms with Crippen molar-refractivity contribution in [1.82, 2.24) is 19.9 Å². The maximum atomic E-state index is 6.61. The number of rotatable bonds is 8. The number of hydrogen-bond acceptors (Lipinski definition) is 5. The van der Waals surface area contributed by atoms with Crippen LogP contribution in [0.3, 0.4) is 0 Å². The molecule has 1 saturated heterocycles. The summed E-state index contributed by atoms with van der Waals surface area (Å²) in [5, 5.41) is 4.58. The number of methoxy groups -OCH3 is 1. The third-order valence-corrected chi connectivity index (χ3v) is 6.45. The monoisotopic (exact) mass is 505 g/mol. The van der Waals surface area contributed by atoms with Gasteiger partial charge in [0.1, 0.15) is 18.4 Å². The highest BCUT2D eigenvalue weighted by atomic mass is 35.5. The predicted molar refractivity (Wildman–Crippen MR) is 140 cm³/mol. The minimum absolute atomic E-state index is 0.176. The quantitative estimate of drug-likeness (QED) is 0.263. The smallest absolute Gasteiger partial charge is 0.174 e. The number of thiocarbonyl (C=S) groups is 1. The zero-order valence-corrected chi connectivity index (χ0v) is 20.6. The highest BCUT2D eigenvalue weighted by molar-refractivity contribution is 7.80. The second kappa shape index (κ2) is 10.4. The maximum Gasteiger partial charge on any atom is 0.174 e. The van der Waals surface area contributed by atoms with Crippen LogP contribution in [0.1, 0.15) is 23.5 Å². The number of anilines is 1. The summed E-state index contributed by atoms with van der Waals surface area (Å²) in [6.07, 6.45) is 7.43. The summed E-state index contributed by atoms with van der Waals surface area (Å²) in [6.45, 7) is 0.902. The topological polar surface area (TPSA) is 64.4 Å². The van der Waals surface area contributed by atoms with Gasteiger partial charge in [-0.3, -0.25) is 9.97 Å². The average Bonchev–Trinajstić information content (AvgIpc) is 3.50. The van der Waals surface area contributed by atoms with Crippen molar-refractivity contribution in [3.8, 4) is 11.4 Å². The van der Waals surface area contributed by atoms with E-state index in [1.165, 1.54) is 0 Å². The van der Waals surface area contributed by atoms with Gasteiger partial charge in [-0.2, -0.15) is 0 Å². The van der Waals surface area contributed by atoms with Crippen molar-refractivity contribution in [3.63, 3.8) is 0 Å². The van der Waals surface area contributed by atoms with Crippen LogP contribution in [-0.4, -0.2) is 40.0 Å². The molecule has 7 nitrogen and oxygen atoms in total. The third kappa shape index (κ3) is 4.73. The van der Waals surface area contributed by atoms with E-state index in [1.807, 2.05) is 67.0 Å². The summed E-state index contributed by atoms with van der Waals surface area (Å²) in [5.41, 5.74) is 3.75. The largest absolute Gasteiger partial charge is 0.490 e. The number of aromatic nitrogens is 3. The lowest BCUT2D eigenvalue weighted by Gasteiger charge is -2.29. The van der Waals surface area contributed by atoms with Crippen molar-refractivity contribution in [2.45, 2.75) is 12.1 Å². The van der Waals surface area contributed by atoms with Crippen LogP contribution >= 0.6 is 23.8 Å². The van der Waals surface area contributed by atoms with Crippen LogP contribution in [0.4, 0.5) is 5.69 Å². The molecular formula is C26H24ClN5O2S. The predicted octanol–water partition coefficient (Wildman–Crippen LogP) is 5.12. The Morgan fingerprint density at radius 1 is 1.03 bits per heavy atom. The van der Waals surface area contributed by atoms with Gasteiger partial charge in [0.05, 0.1) is 35.2 Å². The Hall–Kier alpha value is -3.46. The lowest BCUT2D eigenvalue weighted by molar-refractivity contribution is 0.146. The Morgan fingerprint density at radius 3 is 2.69 bits per heavy atom. The fourth-order valence-corrected chi connectivity index (χ4v) is 4.87. The number of ether oxygens (including phenoxy) is 2. The summed E-state index contributed by atoms with van der Waals surface area (Å²) < 4.78 is 12.9. The molecule has 0 amide bonds. The summed E-state index contributed by atoms with van der Waals surface area (Å²) in [6, 6.07) is 19.3. The second-order valence-electron chi connectivity index (χ2n) is 7.97. The molecule has 0 radical (unpaired) electrons. The molecule has 0 saturated carbocycles. The van der Waals surface area contributed by atoms with E-state index in [1.54, 1.807) is 19.5 Å². The Kier molecular flexibility index (Phi) is 6.94. The Bertz CT molecular complexity index is 1300. The number of nitrogens with one attached hydrogen (secondary N) is 1. The van der Waals surface area contributed by atoms with Crippen LogP contribution in [0, 0.1) is 0 Å². The minimum atomic E-state index is -0.191. The number of hydrogen-bond donors (Lipinski definition) is 1. The number of nitrogens with zero attached hydrogens (tertiary/aromatic N) is 4. The van der Waals surface area contributed by atoms with Crippen LogP contribution < -0.4 is 15.0 Å². The molecule has 1 aliphatic heterocycles. The van der Waals surface area contributed by atoms with Crippen molar-refractivity contribution < 1.29 is 9.47 Å². The summed E-state index contributed by atoms with van der Waals surface area (Å²) >= 11 is 12.5. The molecule has 3 aromatic heterocycles. The van der Waals surface area contributed by atoms with Crippen molar-refractivity contribution in [2.75, 3.05) is 25.2 Å². The zero-order valence-electron chi connectivity index (χ0n) is 19.0. The fourth-order valence-electron chi connectivity index (χ4n) is 4.29. The van der Waals surface area contributed by atoms with Gasteiger partial charge in [-0.25, -0.2) is 0 Å². The van der Waals surface area contributed by atoms with Crippen LogP contribution in [0.5, 0.6) is 5.75 Å². The first-order valence-electron chi connectivity index (χ1n) is 11.2. The lowest BCUT2D eigenvalue weighted by Crippen LogP contribution is -2.30. The molecule has 4 aromatic rings. The second-order valence-corrected chi connectivity index (χ2v) is 8.76. The van der Waals surface area contributed by atoms with E-state index in [2.05, 4.69) is 30.8 Å². The van der Waals surface area contributed by atoms with E-state index in [0.29, 0.717) is 29.1 Å². The van der Waals surface area contributed by atoms with Gasteiger partial charge in [-0.15, -0.1) is 0 Å². The molecular weight excluding hydrogens is 482 g/mol. The lowest BCUT2D eigenvalue weighted by atomic mass is 10.0. The highest BCUT2D eigenvalue weighted by Crippen LogP contribution is 2.43. The first-order chi connectivity index (χ1) is 17.2. The standard InChI is InChI=1S/C26H24ClN5O2S/c1-33-14-15-34-23-10-9-18(16-20(23)27)32-25(24(30-26(32)35)21-7-2-3-12-29-21)22-8-5-13-31(22)19-6-4-11-28-17-19/h2-13,16-17,24-25H,14-15H2,1H3,(H,30,35)/t24-,25-/m0/s1. The van der Waals surface area contributed by atoms with Crippen molar-refractivity contribution in [2.24, 2.45) is 0 Å². The SMILES string of the molecule is COCCOc1ccc(N2C(=S)N[C@@H](c3ccccn3)[C@@H]2c2cccn2-c2cccnc2)cc1Cl. The van der Waals surface area contributed by atoms with Crippen LogP contribution in [0.25, 0.3) is 5.69 Å². The third-order valence-electron chi connectivity index (χ3n) is 5.84. The normalized spacial score (nSPS) is 17.4. The molecule has 0 aliphatic carbocycles. The summed E-state index contributed by atoms with van der Waals surface area (Å²) in [7, 11) is 1.63. The van der Waals surface area contributed by atoms with E-state index < -0.39 is 0 Å². The van der Waals surface area contributed by atoms with E-state index in [0.717, 1.165) is 22.8 Å². The van der Waals surface area contributed by atoms with Gasteiger partial charge in [-0.1, -0.05) is 17.7 Å². The molecule has 35 heavy (non-hydrogen) atoms. The first kappa shape index (κ1) is 23.3. The number of benzene rings is 1. The molecule has 1 fully saturated rings. The summed E-state index contributed by atoms with van der Waals surface area (Å²) in [5.74, 6) is 0.599. The Morgan fingerprint density at radius 2 is 1.94 bits per heavy atom. The van der Waals surface area contributed by atoms with Crippen LogP contribution in [-0.2, 0) is 4.74 Å². The zero-order chi connectivity index (χ0) is 24.2. The minimum Gasteiger partial charge on any atom is -0.490 e. The molecule has 0 unspecified atom stereocenters. The van der Waals surface area contributed by atoms with E-state index in [4.69, 9.17) is 33.3 Å². The molecule has 1 aliphatic rings. The molecule has 5 rings (SSSR count). The fraction of sp³-hybridized carbons (Fsp3) is 0.192. The molecule has 2 atom stereocenters. The summed E-state index contributed by atoms with van der Waals surface area (Å²) in [4.78, 5) is 11.0. The van der Waals surface area contributed by atoms with Gasteiger partial charge in [0.2, 0.25) is 0 Å². The van der Waals surface area contributed by atoms with Crippen LogP contribution in [0.2, 0.25) is 5.02 Å². The maximum absolute atomic E-state index is 6.61. The molecule has 0 spiro atoms. The van der Waals surface area contributed by atoms with E-state index >= 15 is 0 Å². The van der Waals surface area contributed by atoms with Gasteiger partial charge >= 0.3 is 0 Å². The van der Waals surface area contributed by atoms with Gasteiger partial charge < -0.3 is 24.3 Å². The highest BCUT2D eigenvalue weighted by Gasteiger charge is 2.42. The van der Waals surface area contributed by atoms with Crippen molar-refractivity contribution in [1.29, 1.82) is 0 Å². The molecule has 9 heteroatoms. The van der Waals surface area contributed by atoms with Gasteiger partial charge in [0.15, 0.2) is 5.11 Å². The molecule has 1 N–H and O–H groups in total. The molecule has 1 aromatic carbocycles. The van der Waals surface area contributed by atoms with Gasteiger partial charge in [0.25, 0.3) is 0 Å². The van der Waals surface area contributed by atoms with Crippen molar-refractivity contribution >= 4 is 34.6 Å². The van der Waals surface area contributed by atoms with Gasteiger partial charge in [-0.05, 0) is 66.8 Å². The Balaban J connectivity index is 1.58. The molecule has 4 heterocycles. The van der Waals surface area contributed by atoms with Gasteiger partial charge in [0, 0.05) is 37.1 Å². The van der Waals surface area contributed by atoms with E-state index in [-0.39, 0.29) is 12.1 Å². The van der Waals surface area contributed by atoms with E-state index in [9.17, 15) is 0 Å². The van der Waals surface area contributed by atoms with Crippen molar-refractivity contribution in [3.05, 3.63) is 102 Å². The average molecular weight is 506 g/mol. The van der Waals surface area contributed by atoms with Crippen LogP contribution in [0.15, 0.2) is 85.5 Å². The number of halogens is 1. The Labute approximate surface area is 214 Å².